The van der Waals surface area contributed by atoms with Crippen LogP contribution >= 0.6 is 0 Å². The van der Waals surface area contributed by atoms with Crippen LogP contribution in [-0.4, -0.2) is 55.1 Å². The van der Waals surface area contributed by atoms with Gasteiger partial charge in [-0.1, -0.05) is 17.3 Å². The van der Waals surface area contributed by atoms with Crippen molar-refractivity contribution in [3.63, 3.8) is 0 Å². The van der Waals surface area contributed by atoms with Gasteiger partial charge in [-0.25, -0.2) is 0 Å². The third kappa shape index (κ3) is 2.47. The molecule has 1 aromatic rings. The summed E-state index contributed by atoms with van der Waals surface area (Å²) in [6.07, 6.45) is 3.72. The Balaban J connectivity index is 1.45. The number of ether oxygens (including phenoxy) is 1. The lowest BCUT2D eigenvalue weighted by Gasteiger charge is -2.42. The van der Waals surface area contributed by atoms with Crippen molar-refractivity contribution >= 4 is 11.4 Å². The number of hydrogen-bond donors (Lipinski definition) is 1. The third-order valence-corrected chi connectivity index (χ3v) is 5.89. The number of hydrogen-bond acceptors (Lipinski definition) is 5. The summed E-state index contributed by atoms with van der Waals surface area (Å²) in [4.78, 5) is 4.93. The van der Waals surface area contributed by atoms with Gasteiger partial charge in [0.05, 0.1) is 24.6 Å². The predicted octanol–water partition coefficient (Wildman–Crippen LogP) is 2.45. The van der Waals surface area contributed by atoms with Crippen LogP contribution in [0.15, 0.2) is 29.4 Å². The maximum absolute atomic E-state index is 9.42. The molecule has 0 unspecified atom stereocenters. The molecule has 0 aromatic heterocycles. The van der Waals surface area contributed by atoms with Crippen LogP contribution in [0.5, 0.6) is 5.75 Å². The standard InChI is InChI=1S/C18H25N3O2/c1-23-16-5-3-2-4-15(16)20-8-10-21(11-9-20)18-14-7-6-13(12-14)17(18)19-22/h2-5,13-14,18,22H,6-12H2,1H3/b19-17-/t13-,14+,18-/m0/s1. The molecule has 0 amide bonds. The minimum atomic E-state index is 0.374. The summed E-state index contributed by atoms with van der Waals surface area (Å²) >= 11 is 0. The zero-order valence-corrected chi connectivity index (χ0v) is 13.7. The summed E-state index contributed by atoms with van der Waals surface area (Å²) in [5, 5.41) is 13.1. The van der Waals surface area contributed by atoms with Gasteiger partial charge in [0.15, 0.2) is 0 Å². The number of anilines is 1. The van der Waals surface area contributed by atoms with E-state index in [1.807, 2.05) is 12.1 Å². The molecule has 5 heteroatoms. The number of para-hydroxylation sites is 2. The topological polar surface area (TPSA) is 48.3 Å². The molecular formula is C18H25N3O2. The molecule has 0 radical (unpaired) electrons. The van der Waals surface area contributed by atoms with Crippen molar-refractivity contribution in [2.75, 3.05) is 38.2 Å². The van der Waals surface area contributed by atoms with Crippen LogP contribution in [0.25, 0.3) is 0 Å². The molecule has 4 rings (SSSR count). The fraction of sp³-hybridized carbons (Fsp3) is 0.611. The van der Waals surface area contributed by atoms with Gasteiger partial charge >= 0.3 is 0 Å². The maximum atomic E-state index is 9.42. The first kappa shape index (κ1) is 14.8. The molecule has 3 fully saturated rings. The van der Waals surface area contributed by atoms with Crippen molar-refractivity contribution in [1.29, 1.82) is 0 Å². The van der Waals surface area contributed by atoms with Crippen molar-refractivity contribution in [2.45, 2.75) is 25.3 Å². The van der Waals surface area contributed by atoms with E-state index < -0.39 is 0 Å². The predicted molar refractivity (Wildman–Crippen MR) is 90.6 cm³/mol. The van der Waals surface area contributed by atoms with Crippen molar-refractivity contribution < 1.29 is 9.94 Å². The van der Waals surface area contributed by atoms with Crippen LogP contribution in [0.4, 0.5) is 5.69 Å². The van der Waals surface area contributed by atoms with Crippen LogP contribution in [0.3, 0.4) is 0 Å². The van der Waals surface area contributed by atoms with Gasteiger partial charge in [0.25, 0.3) is 0 Å². The highest BCUT2D eigenvalue weighted by Gasteiger charge is 2.48. The Morgan fingerprint density at radius 1 is 1.13 bits per heavy atom. The van der Waals surface area contributed by atoms with Gasteiger partial charge < -0.3 is 14.8 Å². The van der Waals surface area contributed by atoms with E-state index in [1.54, 1.807) is 7.11 Å². The van der Waals surface area contributed by atoms with Crippen molar-refractivity contribution in [3.05, 3.63) is 24.3 Å². The molecule has 124 valence electrons. The van der Waals surface area contributed by atoms with E-state index in [0.29, 0.717) is 17.9 Å². The average molecular weight is 315 g/mol. The van der Waals surface area contributed by atoms with Crippen LogP contribution in [-0.2, 0) is 0 Å². The van der Waals surface area contributed by atoms with E-state index in [0.717, 1.165) is 37.6 Å². The molecule has 1 heterocycles. The molecule has 23 heavy (non-hydrogen) atoms. The van der Waals surface area contributed by atoms with Crippen LogP contribution < -0.4 is 9.64 Å². The van der Waals surface area contributed by atoms with Gasteiger partial charge in [-0.15, -0.1) is 0 Å². The molecule has 3 atom stereocenters. The largest absolute Gasteiger partial charge is 0.495 e. The number of piperazine rings is 1. The minimum absolute atomic E-state index is 0.374. The summed E-state index contributed by atoms with van der Waals surface area (Å²) in [6.45, 7) is 4.02. The van der Waals surface area contributed by atoms with Crippen LogP contribution in [0.2, 0.25) is 0 Å². The number of methoxy groups -OCH3 is 1. The van der Waals surface area contributed by atoms with E-state index in [4.69, 9.17) is 4.74 Å². The van der Waals surface area contributed by atoms with Crippen molar-refractivity contribution in [3.8, 4) is 5.75 Å². The molecule has 1 saturated heterocycles. The number of oxime groups is 1. The third-order valence-electron chi connectivity index (χ3n) is 5.89. The second-order valence-corrected chi connectivity index (χ2v) is 6.93. The van der Waals surface area contributed by atoms with Gasteiger partial charge in [0.2, 0.25) is 0 Å². The summed E-state index contributed by atoms with van der Waals surface area (Å²) in [5.74, 6) is 2.17. The summed E-state index contributed by atoms with van der Waals surface area (Å²) in [6, 6.07) is 8.61. The molecular weight excluding hydrogens is 290 g/mol. The first-order chi connectivity index (χ1) is 11.3. The Hall–Kier alpha value is -1.75. The summed E-state index contributed by atoms with van der Waals surface area (Å²) in [7, 11) is 1.73. The van der Waals surface area contributed by atoms with Crippen molar-refractivity contribution in [2.24, 2.45) is 17.0 Å². The monoisotopic (exact) mass is 315 g/mol. The Morgan fingerprint density at radius 3 is 2.65 bits per heavy atom. The molecule has 0 spiro atoms. The number of benzene rings is 1. The lowest BCUT2D eigenvalue weighted by molar-refractivity contribution is 0.181. The quantitative estimate of drug-likeness (QED) is 0.687. The second kappa shape index (κ2) is 6.04. The smallest absolute Gasteiger partial charge is 0.142 e. The zero-order valence-electron chi connectivity index (χ0n) is 13.7. The molecule has 5 nitrogen and oxygen atoms in total. The SMILES string of the molecule is COc1ccccc1N1CCN([C@@H]2/C(=N\O)[C@H]3CC[C@@H]2C3)CC1. The van der Waals surface area contributed by atoms with E-state index in [1.165, 1.54) is 24.9 Å². The Kier molecular flexibility index (Phi) is 3.89. The van der Waals surface area contributed by atoms with E-state index >= 15 is 0 Å². The second-order valence-electron chi connectivity index (χ2n) is 6.93. The fourth-order valence-electron chi connectivity index (χ4n) is 4.81. The van der Waals surface area contributed by atoms with Crippen LogP contribution in [0.1, 0.15) is 19.3 Å². The maximum Gasteiger partial charge on any atom is 0.142 e. The van der Waals surface area contributed by atoms with Gasteiger partial charge in [0.1, 0.15) is 5.75 Å². The zero-order chi connectivity index (χ0) is 15.8. The highest BCUT2D eigenvalue weighted by molar-refractivity contribution is 5.94. The van der Waals surface area contributed by atoms with Gasteiger partial charge in [-0.05, 0) is 37.3 Å². The highest BCUT2D eigenvalue weighted by Crippen LogP contribution is 2.45. The first-order valence-electron chi connectivity index (χ1n) is 8.65. The highest BCUT2D eigenvalue weighted by atomic mass is 16.5. The minimum Gasteiger partial charge on any atom is -0.495 e. The molecule has 1 N–H and O–H groups in total. The number of nitrogens with zero attached hydrogens (tertiary/aromatic N) is 3. The Labute approximate surface area is 137 Å². The van der Waals surface area contributed by atoms with Crippen LogP contribution in [0, 0.1) is 11.8 Å². The van der Waals surface area contributed by atoms with E-state index in [9.17, 15) is 5.21 Å². The molecule has 1 aromatic carbocycles. The Bertz CT molecular complexity index is 596. The molecule has 3 aliphatic rings. The van der Waals surface area contributed by atoms with Gasteiger partial charge in [0, 0.05) is 32.1 Å². The molecule has 2 saturated carbocycles. The fourth-order valence-corrected chi connectivity index (χ4v) is 4.81. The Morgan fingerprint density at radius 2 is 1.91 bits per heavy atom. The molecule has 1 aliphatic heterocycles. The molecule has 2 bridgehead atoms. The van der Waals surface area contributed by atoms with Gasteiger partial charge in [-0.2, -0.15) is 0 Å². The number of rotatable bonds is 3. The normalized spacial score (nSPS) is 32.7. The van der Waals surface area contributed by atoms with Gasteiger partial charge in [-0.3, -0.25) is 4.90 Å². The number of fused-ring (bicyclic) bond motifs is 2. The van der Waals surface area contributed by atoms with E-state index in [-0.39, 0.29) is 0 Å². The van der Waals surface area contributed by atoms with Crippen molar-refractivity contribution in [1.82, 2.24) is 4.90 Å². The molecule has 2 aliphatic carbocycles. The lowest BCUT2D eigenvalue weighted by atomic mass is 9.91. The lowest BCUT2D eigenvalue weighted by Crippen LogP contribution is -2.54. The summed E-state index contributed by atoms with van der Waals surface area (Å²) < 4.78 is 5.49. The van der Waals surface area contributed by atoms with E-state index in [2.05, 4.69) is 27.1 Å². The summed E-state index contributed by atoms with van der Waals surface area (Å²) in [5.41, 5.74) is 2.23. The average Bonchev–Trinajstić information content (AvgIpc) is 3.23. The first-order valence-corrected chi connectivity index (χ1v) is 8.65.